The number of carbonyl (C=O) groups excluding carboxylic acids is 1. The third kappa shape index (κ3) is 3.14. The zero-order valence-electron chi connectivity index (χ0n) is 15.6. The summed E-state index contributed by atoms with van der Waals surface area (Å²) in [6.45, 7) is 4.05. The number of likely N-dealkylation sites (tertiary alicyclic amines) is 1. The molecule has 0 aliphatic carbocycles. The van der Waals surface area contributed by atoms with Crippen molar-refractivity contribution in [3.63, 3.8) is 0 Å². The number of amides is 1. The predicted molar refractivity (Wildman–Crippen MR) is 109 cm³/mol. The highest BCUT2D eigenvalue weighted by molar-refractivity contribution is 7.10. The lowest BCUT2D eigenvalue weighted by Gasteiger charge is -2.46. The van der Waals surface area contributed by atoms with Crippen LogP contribution in [0.4, 0.5) is 0 Å². The molecule has 0 atom stereocenters. The van der Waals surface area contributed by atoms with E-state index in [4.69, 9.17) is 0 Å². The Hall–Kier alpha value is -2.51. The fraction of sp³-hybridized carbons (Fsp3) is 0.381. The number of aryl methyl sites for hydroxylation is 1. The first-order valence-corrected chi connectivity index (χ1v) is 10.6. The van der Waals surface area contributed by atoms with Crippen LogP contribution >= 0.6 is 11.3 Å². The average Bonchev–Trinajstić information content (AvgIpc) is 3.14. The minimum Gasteiger partial charge on any atom is -0.339 e. The summed E-state index contributed by atoms with van der Waals surface area (Å²) in [6.07, 6.45) is 3.00. The van der Waals surface area contributed by atoms with Crippen LogP contribution in [0.5, 0.6) is 0 Å². The molecule has 0 saturated carbocycles. The van der Waals surface area contributed by atoms with Crippen LogP contribution in [-0.2, 0) is 24.3 Å². The van der Waals surface area contributed by atoms with Crippen molar-refractivity contribution in [2.24, 2.45) is 0 Å². The van der Waals surface area contributed by atoms with Crippen LogP contribution in [0.25, 0.3) is 10.9 Å². The van der Waals surface area contributed by atoms with Gasteiger partial charge >= 0.3 is 0 Å². The van der Waals surface area contributed by atoms with E-state index in [1.54, 1.807) is 17.0 Å². The number of hydrogen-bond acceptors (Lipinski definition) is 5. The van der Waals surface area contributed by atoms with Crippen LogP contribution in [0.15, 0.2) is 46.8 Å². The second-order valence-corrected chi connectivity index (χ2v) is 8.55. The average molecular weight is 395 g/mol. The number of fused-ring (bicyclic) bond motifs is 2. The van der Waals surface area contributed by atoms with Crippen LogP contribution in [0.2, 0.25) is 0 Å². The standard InChI is InChI=1S/C21H22N4O2S/c26-20(6-9-24-14-22-18-4-2-1-3-17(18)21(24)27)25-12-16(13-25)23-8-5-19-15(11-23)7-10-28-19/h1-4,7,10,14,16H,5-6,8-9,11-13H2. The number of aromatic nitrogens is 2. The van der Waals surface area contributed by atoms with E-state index in [1.165, 1.54) is 10.4 Å². The van der Waals surface area contributed by atoms with Gasteiger partial charge in [-0.25, -0.2) is 4.98 Å². The van der Waals surface area contributed by atoms with Crippen LogP contribution in [-0.4, -0.2) is 50.9 Å². The lowest BCUT2D eigenvalue weighted by molar-refractivity contribution is -0.139. The first kappa shape index (κ1) is 17.6. The topological polar surface area (TPSA) is 58.4 Å². The van der Waals surface area contributed by atoms with Crippen molar-refractivity contribution in [1.29, 1.82) is 0 Å². The summed E-state index contributed by atoms with van der Waals surface area (Å²) in [4.78, 5) is 35.3. The Morgan fingerprint density at radius 2 is 2.07 bits per heavy atom. The fourth-order valence-corrected chi connectivity index (χ4v) is 5.00. The van der Waals surface area contributed by atoms with Crippen molar-refractivity contribution in [3.8, 4) is 0 Å². The van der Waals surface area contributed by atoms with Crippen molar-refractivity contribution < 1.29 is 4.79 Å². The van der Waals surface area contributed by atoms with Crippen molar-refractivity contribution >= 4 is 28.1 Å². The Morgan fingerprint density at radius 1 is 1.21 bits per heavy atom. The molecule has 0 unspecified atom stereocenters. The maximum atomic E-state index is 12.5. The third-order valence-corrected chi connectivity index (χ3v) is 6.89. The second kappa shape index (κ2) is 7.14. The van der Waals surface area contributed by atoms with Gasteiger partial charge in [0.15, 0.2) is 0 Å². The third-order valence-electron chi connectivity index (χ3n) is 5.87. The van der Waals surface area contributed by atoms with E-state index in [9.17, 15) is 9.59 Å². The molecule has 0 N–H and O–H groups in total. The molecule has 0 radical (unpaired) electrons. The molecule has 1 fully saturated rings. The van der Waals surface area contributed by atoms with Crippen LogP contribution in [0.3, 0.4) is 0 Å². The van der Waals surface area contributed by atoms with Gasteiger partial charge in [-0.15, -0.1) is 11.3 Å². The van der Waals surface area contributed by atoms with Gasteiger partial charge in [-0.1, -0.05) is 12.1 Å². The molecule has 1 saturated heterocycles. The van der Waals surface area contributed by atoms with Gasteiger partial charge in [-0.2, -0.15) is 0 Å². The molecular formula is C21H22N4O2S. The number of hydrogen-bond donors (Lipinski definition) is 0. The largest absolute Gasteiger partial charge is 0.339 e. The van der Waals surface area contributed by atoms with Gasteiger partial charge in [0, 0.05) is 50.1 Å². The Bertz CT molecular complexity index is 1080. The quantitative estimate of drug-likeness (QED) is 0.680. The smallest absolute Gasteiger partial charge is 0.261 e. The monoisotopic (exact) mass is 394 g/mol. The fourth-order valence-electron chi connectivity index (χ4n) is 4.11. The SMILES string of the molecule is O=C(CCn1cnc2ccccc2c1=O)N1CC(N2CCc3sccc3C2)C1. The van der Waals surface area contributed by atoms with Crippen LogP contribution in [0.1, 0.15) is 16.9 Å². The van der Waals surface area contributed by atoms with Crippen molar-refractivity contribution in [2.75, 3.05) is 19.6 Å². The van der Waals surface area contributed by atoms with E-state index >= 15 is 0 Å². The highest BCUT2D eigenvalue weighted by Gasteiger charge is 2.35. The molecule has 2 aromatic heterocycles. The highest BCUT2D eigenvalue weighted by atomic mass is 32.1. The summed E-state index contributed by atoms with van der Waals surface area (Å²) in [7, 11) is 0. The Kier molecular flexibility index (Phi) is 4.49. The summed E-state index contributed by atoms with van der Waals surface area (Å²) in [6, 6.07) is 9.99. The molecular weight excluding hydrogens is 372 g/mol. The minimum atomic E-state index is -0.0835. The van der Waals surface area contributed by atoms with Gasteiger partial charge in [0.2, 0.25) is 5.91 Å². The molecule has 0 bridgehead atoms. The first-order valence-electron chi connectivity index (χ1n) is 9.70. The molecule has 28 heavy (non-hydrogen) atoms. The molecule has 1 aromatic carbocycles. The number of thiophene rings is 1. The van der Waals surface area contributed by atoms with Crippen LogP contribution in [0, 0.1) is 0 Å². The highest BCUT2D eigenvalue weighted by Crippen LogP contribution is 2.27. The summed E-state index contributed by atoms with van der Waals surface area (Å²) >= 11 is 1.85. The number of para-hydroxylation sites is 1. The maximum Gasteiger partial charge on any atom is 0.261 e. The van der Waals surface area contributed by atoms with Gasteiger partial charge in [0.1, 0.15) is 0 Å². The van der Waals surface area contributed by atoms with Gasteiger partial charge < -0.3 is 4.90 Å². The zero-order chi connectivity index (χ0) is 19.1. The Balaban J connectivity index is 1.16. The molecule has 6 nitrogen and oxygen atoms in total. The van der Waals surface area contributed by atoms with E-state index in [0.29, 0.717) is 29.9 Å². The van der Waals surface area contributed by atoms with Gasteiger partial charge in [-0.05, 0) is 35.6 Å². The lowest BCUT2D eigenvalue weighted by atomic mass is 10.0. The maximum absolute atomic E-state index is 12.5. The lowest BCUT2D eigenvalue weighted by Crippen LogP contribution is -2.61. The Morgan fingerprint density at radius 3 is 2.96 bits per heavy atom. The van der Waals surface area contributed by atoms with Gasteiger partial charge in [0.05, 0.1) is 17.2 Å². The molecule has 0 spiro atoms. The molecule has 5 rings (SSSR count). The van der Waals surface area contributed by atoms with E-state index in [-0.39, 0.29) is 11.5 Å². The molecule has 7 heteroatoms. The minimum absolute atomic E-state index is 0.0835. The van der Waals surface area contributed by atoms with E-state index < -0.39 is 0 Å². The summed E-state index contributed by atoms with van der Waals surface area (Å²) in [5, 5.41) is 2.77. The number of nitrogens with zero attached hydrogens (tertiary/aromatic N) is 4. The molecule has 2 aliphatic heterocycles. The molecule has 2 aliphatic rings. The van der Waals surface area contributed by atoms with Crippen molar-refractivity contribution in [3.05, 3.63) is 62.8 Å². The molecule has 4 heterocycles. The number of benzene rings is 1. The summed E-state index contributed by atoms with van der Waals surface area (Å²) < 4.78 is 1.54. The predicted octanol–water partition coefficient (Wildman–Crippen LogP) is 2.12. The normalized spacial score (nSPS) is 17.5. The van der Waals surface area contributed by atoms with Gasteiger partial charge in [-0.3, -0.25) is 19.1 Å². The first-order chi connectivity index (χ1) is 13.7. The zero-order valence-corrected chi connectivity index (χ0v) is 16.4. The van der Waals surface area contributed by atoms with Gasteiger partial charge in [0.25, 0.3) is 5.56 Å². The molecule has 144 valence electrons. The summed E-state index contributed by atoms with van der Waals surface area (Å²) in [5.41, 5.74) is 2.06. The number of rotatable bonds is 4. The van der Waals surface area contributed by atoms with Crippen LogP contribution < -0.4 is 5.56 Å². The van der Waals surface area contributed by atoms with Crippen molar-refractivity contribution in [1.82, 2.24) is 19.4 Å². The van der Waals surface area contributed by atoms with Crippen molar-refractivity contribution in [2.45, 2.75) is 32.0 Å². The molecule has 1 amide bonds. The number of carbonyl (C=O) groups is 1. The summed E-state index contributed by atoms with van der Waals surface area (Å²) in [5.74, 6) is 0.115. The van der Waals surface area contributed by atoms with E-state index in [2.05, 4.69) is 21.3 Å². The van der Waals surface area contributed by atoms with E-state index in [0.717, 1.165) is 32.6 Å². The Labute approximate surface area is 167 Å². The second-order valence-electron chi connectivity index (χ2n) is 7.55. The molecule has 3 aromatic rings. The van der Waals surface area contributed by atoms with E-state index in [1.807, 2.05) is 34.4 Å².